The Morgan fingerprint density at radius 1 is 1.38 bits per heavy atom. The number of hydrogen-bond acceptors (Lipinski definition) is 4. The van der Waals surface area contributed by atoms with E-state index in [2.05, 4.69) is 24.2 Å². The largest absolute Gasteiger partial charge is 0.478 e. The van der Waals surface area contributed by atoms with E-state index in [-0.39, 0.29) is 16.9 Å². The number of halogens is 3. The van der Waals surface area contributed by atoms with Gasteiger partial charge in [-0.2, -0.15) is 13.2 Å². The zero-order valence-corrected chi connectivity index (χ0v) is 17.0. The van der Waals surface area contributed by atoms with Crippen LogP contribution in [0.15, 0.2) is 28.9 Å². The molecule has 1 aromatic rings. The number of carbonyl (C=O) groups is 1. The van der Waals surface area contributed by atoms with E-state index in [1.807, 2.05) is 12.1 Å². The lowest BCUT2D eigenvalue weighted by Crippen LogP contribution is -2.47. The Balaban J connectivity index is 2.08. The summed E-state index contributed by atoms with van der Waals surface area (Å²) in [5, 5.41) is 11.9. The van der Waals surface area contributed by atoms with Crippen LogP contribution in [-0.2, 0) is 16.6 Å². The Labute approximate surface area is 168 Å². The highest BCUT2D eigenvalue weighted by Crippen LogP contribution is 2.40. The Hall–Kier alpha value is -2.51. The number of guanidine groups is 1. The third kappa shape index (κ3) is 4.41. The molecule has 0 saturated heterocycles. The van der Waals surface area contributed by atoms with Crippen molar-refractivity contribution in [3.8, 4) is 0 Å². The van der Waals surface area contributed by atoms with E-state index in [0.717, 1.165) is 35.3 Å². The van der Waals surface area contributed by atoms with Gasteiger partial charge in [-0.15, -0.1) is 0 Å². The minimum Gasteiger partial charge on any atom is -0.478 e. The molecule has 3 rings (SSSR count). The molecule has 1 atom stereocenters. The number of rotatable bonds is 3. The van der Waals surface area contributed by atoms with Crippen molar-refractivity contribution >= 4 is 17.6 Å². The van der Waals surface area contributed by atoms with E-state index in [0.29, 0.717) is 5.69 Å². The van der Waals surface area contributed by atoms with Crippen molar-refractivity contribution in [3.63, 3.8) is 0 Å². The fourth-order valence-corrected chi connectivity index (χ4v) is 4.13. The number of aryl methyl sites for hydroxylation is 2. The van der Waals surface area contributed by atoms with Gasteiger partial charge >= 0.3 is 12.1 Å². The second-order valence-electron chi connectivity index (χ2n) is 8.41. The summed E-state index contributed by atoms with van der Waals surface area (Å²) in [6.07, 6.45) is -0.291. The van der Waals surface area contributed by atoms with Gasteiger partial charge in [0.2, 0.25) is 5.96 Å². The third-order valence-electron chi connectivity index (χ3n) is 5.65. The minimum absolute atomic E-state index is 0.00325. The first-order valence-electron chi connectivity index (χ1n) is 9.65. The summed E-state index contributed by atoms with van der Waals surface area (Å²) in [6.45, 7) is 6.35. The molecule has 1 aliphatic carbocycles. The first kappa shape index (κ1) is 21.2. The molecule has 29 heavy (non-hydrogen) atoms. The maximum absolute atomic E-state index is 13.4. The summed E-state index contributed by atoms with van der Waals surface area (Å²) in [5.41, 5.74) is 3.28. The van der Waals surface area contributed by atoms with E-state index in [1.165, 1.54) is 11.8 Å². The lowest BCUT2D eigenvalue weighted by Gasteiger charge is -2.36. The van der Waals surface area contributed by atoms with Crippen LogP contribution < -0.4 is 10.2 Å². The molecule has 5 nitrogen and oxygen atoms in total. The number of alkyl halides is 3. The summed E-state index contributed by atoms with van der Waals surface area (Å²) in [5.74, 6) is -1.15. The number of benzene rings is 1. The molecule has 1 unspecified atom stereocenters. The van der Waals surface area contributed by atoms with Gasteiger partial charge in [0.05, 0.1) is 11.6 Å². The van der Waals surface area contributed by atoms with Gasteiger partial charge in [-0.25, -0.2) is 9.79 Å². The van der Waals surface area contributed by atoms with E-state index in [4.69, 9.17) is 0 Å². The average molecular weight is 409 g/mol. The standard InChI is InChI=1S/C21H26F3N3O2/c1-12-8-14-6-5-7-20(3,4)16(14)9-17(12)27(11-21(22,23)24)19-25-10-15(18(28)29)13(2)26-19/h8-10,13H,5-7,11H2,1-4H3,(H,25,26)(H,28,29). The minimum atomic E-state index is -4.46. The van der Waals surface area contributed by atoms with Crippen molar-refractivity contribution in [3.05, 3.63) is 40.6 Å². The Morgan fingerprint density at radius 3 is 2.66 bits per heavy atom. The van der Waals surface area contributed by atoms with Gasteiger partial charge in [0.15, 0.2) is 0 Å². The molecule has 8 heteroatoms. The number of hydrogen-bond donors (Lipinski definition) is 2. The molecule has 2 N–H and O–H groups in total. The number of carboxylic acids is 1. The van der Waals surface area contributed by atoms with Crippen LogP contribution in [0.3, 0.4) is 0 Å². The lowest BCUT2D eigenvalue weighted by molar-refractivity contribution is -0.133. The molecule has 0 fully saturated rings. The quantitative estimate of drug-likeness (QED) is 0.782. The molecule has 0 saturated carbocycles. The van der Waals surface area contributed by atoms with Gasteiger partial charge in [-0.05, 0) is 61.3 Å². The number of carboxylic acid groups (broad SMARTS) is 1. The summed E-state index contributed by atoms with van der Waals surface area (Å²) in [4.78, 5) is 16.6. The van der Waals surface area contributed by atoms with Crippen LogP contribution in [0, 0.1) is 6.92 Å². The van der Waals surface area contributed by atoms with Crippen molar-refractivity contribution in [2.75, 3.05) is 11.4 Å². The monoisotopic (exact) mass is 409 g/mol. The molecule has 1 aliphatic heterocycles. The van der Waals surface area contributed by atoms with Crippen LogP contribution in [0.2, 0.25) is 0 Å². The number of nitrogens with one attached hydrogen (secondary N) is 1. The smallest absolute Gasteiger partial charge is 0.406 e. The maximum Gasteiger partial charge on any atom is 0.406 e. The maximum atomic E-state index is 13.4. The SMILES string of the molecule is Cc1cc2c(cc1N(CC(F)(F)F)C1=NC(C)C(C(=O)O)=CN1)C(C)(C)CCC2. The van der Waals surface area contributed by atoms with Gasteiger partial charge < -0.3 is 15.3 Å². The number of aliphatic carboxylic acids is 1. The number of anilines is 1. The molecule has 0 amide bonds. The molecule has 2 aliphatic rings. The summed E-state index contributed by atoms with van der Waals surface area (Å²) in [7, 11) is 0. The predicted octanol–water partition coefficient (Wildman–Crippen LogP) is 4.29. The second kappa shape index (κ2) is 7.39. The Bertz CT molecular complexity index is 888. The average Bonchev–Trinajstić information content (AvgIpc) is 2.58. The van der Waals surface area contributed by atoms with Gasteiger partial charge in [0.1, 0.15) is 6.54 Å². The highest BCUT2D eigenvalue weighted by atomic mass is 19.4. The number of nitrogens with zero attached hydrogens (tertiary/aromatic N) is 2. The topological polar surface area (TPSA) is 64.9 Å². The van der Waals surface area contributed by atoms with Crippen molar-refractivity contribution < 1.29 is 23.1 Å². The number of aliphatic imine (C=N–C) groups is 1. The van der Waals surface area contributed by atoms with Crippen molar-refractivity contribution in [2.45, 2.75) is 64.6 Å². The molecular weight excluding hydrogens is 383 g/mol. The molecule has 0 aromatic heterocycles. The van der Waals surface area contributed by atoms with E-state index < -0.39 is 24.7 Å². The highest BCUT2D eigenvalue weighted by molar-refractivity contribution is 6.00. The normalized spacial score (nSPS) is 20.9. The lowest BCUT2D eigenvalue weighted by atomic mass is 9.72. The highest BCUT2D eigenvalue weighted by Gasteiger charge is 2.36. The number of fused-ring (bicyclic) bond motifs is 1. The predicted molar refractivity (Wildman–Crippen MR) is 106 cm³/mol. The fraction of sp³-hybridized carbons (Fsp3) is 0.524. The zero-order chi connectivity index (χ0) is 21.6. The van der Waals surface area contributed by atoms with Crippen LogP contribution in [0.4, 0.5) is 18.9 Å². The molecule has 1 aromatic carbocycles. The van der Waals surface area contributed by atoms with E-state index >= 15 is 0 Å². The van der Waals surface area contributed by atoms with E-state index in [1.54, 1.807) is 13.8 Å². The van der Waals surface area contributed by atoms with Gasteiger partial charge in [0, 0.05) is 11.9 Å². The van der Waals surface area contributed by atoms with Crippen LogP contribution >= 0.6 is 0 Å². The molecule has 0 spiro atoms. The first-order valence-corrected chi connectivity index (χ1v) is 9.65. The van der Waals surface area contributed by atoms with Gasteiger partial charge in [-0.3, -0.25) is 0 Å². The zero-order valence-electron chi connectivity index (χ0n) is 17.0. The Kier molecular flexibility index (Phi) is 5.40. The van der Waals surface area contributed by atoms with Crippen molar-refractivity contribution in [2.24, 2.45) is 4.99 Å². The molecule has 0 bridgehead atoms. The van der Waals surface area contributed by atoms with Crippen LogP contribution in [0.5, 0.6) is 0 Å². The first-order chi connectivity index (χ1) is 13.4. The molecular formula is C21H26F3N3O2. The molecule has 1 heterocycles. The van der Waals surface area contributed by atoms with Crippen molar-refractivity contribution in [1.82, 2.24) is 5.32 Å². The molecule has 158 valence electrons. The third-order valence-corrected chi connectivity index (χ3v) is 5.65. The fourth-order valence-electron chi connectivity index (χ4n) is 4.13. The van der Waals surface area contributed by atoms with Crippen LogP contribution in [0.25, 0.3) is 0 Å². The summed E-state index contributed by atoms with van der Waals surface area (Å²) >= 11 is 0. The van der Waals surface area contributed by atoms with Gasteiger partial charge in [0.25, 0.3) is 0 Å². The summed E-state index contributed by atoms with van der Waals surface area (Å²) in [6, 6.07) is 3.06. The van der Waals surface area contributed by atoms with Crippen LogP contribution in [0.1, 0.15) is 50.3 Å². The second-order valence-corrected chi connectivity index (χ2v) is 8.41. The van der Waals surface area contributed by atoms with Crippen LogP contribution in [-0.4, -0.2) is 35.8 Å². The molecule has 0 radical (unpaired) electrons. The van der Waals surface area contributed by atoms with Crippen molar-refractivity contribution in [1.29, 1.82) is 0 Å². The van der Waals surface area contributed by atoms with E-state index in [9.17, 15) is 23.1 Å². The Morgan fingerprint density at radius 2 is 2.07 bits per heavy atom. The summed E-state index contributed by atoms with van der Waals surface area (Å²) < 4.78 is 40.3. The van der Waals surface area contributed by atoms with Gasteiger partial charge in [-0.1, -0.05) is 19.9 Å².